The van der Waals surface area contributed by atoms with E-state index in [1.165, 1.54) is 19.3 Å². The maximum absolute atomic E-state index is 14.1. The molecule has 0 atom stereocenters. The van der Waals surface area contributed by atoms with Crippen molar-refractivity contribution in [3.05, 3.63) is 59.9 Å². The Morgan fingerprint density at radius 1 is 0.912 bits per heavy atom. The van der Waals surface area contributed by atoms with Gasteiger partial charge in [0.25, 0.3) is 0 Å². The van der Waals surface area contributed by atoms with Crippen molar-refractivity contribution in [2.24, 2.45) is 30.2 Å². The first kappa shape index (κ1) is 21.9. The first-order valence-electron chi connectivity index (χ1n) is 13.2. The molecule has 5 aliphatic carbocycles. The molecule has 5 fully saturated rings. The zero-order chi connectivity index (χ0) is 23.3. The minimum atomic E-state index is -0.181. The fraction of sp³-hybridized carbons (Fsp3) is 0.586. The second-order valence-electron chi connectivity index (χ2n) is 11.7. The predicted molar refractivity (Wildman–Crippen MR) is 131 cm³/mol. The topological polar surface area (TPSA) is 45.6 Å². The highest BCUT2D eigenvalue weighted by molar-refractivity contribution is 5.89. The zero-order valence-corrected chi connectivity index (χ0v) is 20.4. The van der Waals surface area contributed by atoms with Crippen LogP contribution in [0, 0.1) is 23.2 Å². The molecule has 34 heavy (non-hydrogen) atoms. The van der Waals surface area contributed by atoms with Crippen molar-refractivity contribution in [1.82, 2.24) is 14.4 Å². The van der Waals surface area contributed by atoms with Crippen molar-refractivity contribution in [2.45, 2.75) is 70.5 Å². The van der Waals surface area contributed by atoms with E-state index < -0.39 is 0 Å². The summed E-state index contributed by atoms with van der Waals surface area (Å²) in [4.78, 5) is 31.8. The zero-order valence-electron chi connectivity index (χ0n) is 20.4. The monoisotopic (exact) mass is 459 g/mol. The summed E-state index contributed by atoms with van der Waals surface area (Å²) in [5, 5.41) is 0. The molecule has 5 nitrogen and oxygen atoms in total. The first-order valence-corrected chi connectivity index (χ1v) is 13.2. The molecule has 7 rings (SSSR count). The van der Waals surface area contributed by atoms with Crippen LogP contribution in [0.2, 0.25) is 0 Å². The maximum atomic E-state index is 14.1. The Balaban J connectivity index is 1.22. The van der Waals surface area contributed by atoms with Gasteiger partial charge in [-0.25, -0.2) is 0 Å². The van der Waals surface area contributed by atoms with Gasteiger partial charge < -0.3 is 14.4 Å². The highest BCUT2D eigenvalue weighted by Crippen LogP contribution is 2.61. The summed E-state index contributed by atoms with van der Waals surface area (Å²) in [6.45, 7) is 1.35. The Kier molecular flexibility index (Phi) is 5.54. The van der Waals surface area contributed by atoms with Crippen LogP contribution in [0.25, 0.3) is 0 Å². The summed E-state index contributed by atoms with van der Waals surface area (Å²) < 4.78 is 2.07. The van der Waals surface area contributed by atoms with Gasteiger partial charge in [-0.2, -0.15) is 0 Å². The smallest absolute Gasteiger partial charge is 0.242 e. The van der Waals surface area contributed by atoms with E-state index in [1.807, 2.05) is 47.3 Å². The van der Waals surface area contributed by atoms with Crippen molar-refractivity contribution >= 4 is 11.8 Å². The SMILES string of the molecule is Cn1cccc1CN(Cc1ccccc1)C(=O)CN(C(=O)C12CC3CC(CC(C3)C1)C2)C1CC1. The van der Waals surface area contributed by atoms with Crippen LogP contribution in [0.4, 0.5) is 0 Å². The van der Waals surface area contributed by atoms with Gasteiger partial charge >= 0.3 is 0 Å². The molecule has 1 heterocycles. The number of hydrogen-bond acceptors (Lipinski definition) is 2. The predicted octanol–water partition coefficient (Wildman–Crippen LogP) is 4.76. The lowest BCUT2D eigenvalue weighted by Gasteiger charge is -2.56. The highest BCUT2D eigenvalue weighted by Gasteiger charge is 2.56. The minimum absolute atomic E-state index is 0.0648. The van der Waals surface area contributed by atoms with E-state index in [0.29, 0.717) is 19.0 Å². The fourth-order valence-corrected chi connectivity index (χ4v) is 7.57. The lowest BCUT2D eigenvalue weighted by atomic mass is 9.49. The fourth-order valence-electron chi connectivity index (χ4n) is 7.57. The maximum Gasteiger partial charge on any atom is 0.242 e. The number of amides is 2. The number of nitrogens with zero attached hydrogens (tertiary/aromatic N) is 3. The molecule has 180 valence electrons. The standard InChI is InChI=1S/C29H37N3O2/c1-30-11-5-8-26(30)19-31(18-21-6-3-2-4-7-21)27(33)20-32(25-9-10-25)28(34)29-15-22-12-23(16-29)14-24(13-22)17-29/h2-8,11,22-25H,9-10,12-20H2,1H3. The van der Waals surface area contributed by atoms with Crippen LogP contribution in [-0.2, 0) is 29.7 Å². The Bertz CT molecular complexity index is 1020. The van der Waals surface area contributed by atoms with Gasteiger partial charge in [0, 0.05) is 31.5 Å². The van der Waals surface area contributed by atoms with E-state index in [0.717, 1.165) is 61.1 Å². The van der Waals surface area contributed by atoms with Gasteiger partial charge in [0.05, 0.1) is 12.0 Å². The molecule has 0 aliphatic heterocycles. The molecule has 0 unspecified atom stereocenters. The number of aromatic nitrogens is 1. The van der Waals surface area contributed by atoms with Crippen LogP contribution in [0.15, 0.2) is 48.7 Å². The van der Waals surface area contributed by atoms with E-state index in [2.05, 4.69) is 22.8 Å². The van der Waals surface area contributed by atoms with Crippen LogP contribution >= 0.6 is 0 Å². The molecule has 5 saturated carbocycles. The van der Waals surface area contributed by atoms with Gasteiger partial charge in [0.15, 0.2) is 0 Å². The molecule has 0 N–H and O–H groups in total. The van der Waals surface area contributed by atoms with Gasteiger partial charge in [0.2, 0.25) is 11.8 Å². The van der Waals surface area contributed by atoms with Crippen LogP contribution in [0.3, 0.4) is 0 Å². The van der Waals surface area contributed by atoms with E-state index in [-0.39, 0.29) is 23.9 Å². The lowest BCUT2D eigenvalue weighted by Crippen LogP contribution is -2.56. The average Bonchev–Trinajstić information content (AvgIpc) is 3.58. The normalized spacial score (nSPS) is 29.3. The van der Waals surface area contributed by atoms with Crippen molar-refractivity contribution in [3.8, 4) is 0 Å². The molecule has 1 aromatic carbocycles. The summed E-state index contributed by atoms with van der Waals surface area (Å²) in [6.07, 6.45) is 11.3. The van der Waals surface area contributed by atoms with Crippen molar-refractivity contribution in [2.75, 3.05) is 6.54 Å². The van der Waals surface area contributed by atoms with Crippen LogP contribution in [0.1, 0.15) is 62.6 Å². The molecule has 0 saturated heterocycles. The molecular formula is C29H37N3O2. The van der Waals surface area contributed by atoms with Gasteiger partial charge in [-0.3, -0.25) is 9.59 Å². The molecule has 5 heteroatoms. The third kappa shape index (κ3) is 4.18. The van der Waals surface area contributed by atoms with E-state index in [4.69, 9.17) is 0 Å². The second kappa shape index (κ2) is 8.58. The molecule has 1 aromatic heterocycles. The lowest BCUT2D eigenvalue weighted by molar-refractivity contribution is -0.161. The van der Waals surface area contributed by atoms with Crippen LogP contribution in [-0.4, -0.2) is 38.8 Å². The molecular weight excluding hydrogens is 422 g/mol. The van der Waals surface area contributed by atoms with E-state index in [1.54, 1.807) is 0 Å². The van der Waals surface area contributed by atoms with Crippen molar-refractivity contribution < 1.29 is 9.59 Å². The Morgan fingerprint density at radius 3 is 2.12 bits per heavy atom. The third-order valence-electron chi connectivity index (χ3n) is 9.02. The first-order chi connectivity index (χ1) is 16.5. The van der Waals surface area contributed by atoms with Gasteiger partial charge in [0.1, 0.15) is 6.54 Å². The minimum Gasteiger partial charge on any atom is -0.353 e. The van der Waals surface area contributed by atoms with Crippen molar-refractivity contribution in [3.63, 3.8) is 0 Å². The molecule has 0 radical (unpaired) electrons. The van der Waals surface area contributed by atoms with E-state index in [9.17, 15) is 9.59 Å². The van der Waals surface area contributed by atoms with Gasteiger partial charge in [-0.1, -0.05) is 30.3 Å². The summed E-state index contributed by atoms with van der Waals surface area (Å²) in [5.41, 5.74) is 2.05. The number of carbonyl (C=O) groups excluding carboxylic acids is 2. The van der Waals surface area contributed by atoms with Gasteiger partial charge in [-0.05, 0) is 86.8 Å². The third-order valence-corrected chi connectivity index (χ3v) is 9.02. The van der Waals surface area contributed by atoms with E-state index >= 15 is 0 Å². The number of aryl methyl sites for hydroxylation is 1. The Morgan fingerprint density at radius 2 is 1.56 bits per heavy atom. The average molecular weight is 460 g/mol. The largest absolute Gasteiger partial charge is 0.353 e. The quantitative estimate of drug-likeness (QED) is 0.571. The number of rotatable bonds is 8. The number of benzene rings is 1. The second-order valence-corrected chi connectivity index (χ2v) is 11.7. The summed E-state index contributed by atoms with van der Waals surface area (Å²) >= 11 is 0. The summed E-state index contributed by atoms with van der Waals surface area (Å²) in [6, 6.07) is 14.6. The summed E-state index contributed by atoms with van der Waals surface area (Å²) in [7, 11) is 2.02. The molecule has 2 amide bonds. The Hall–Kier alpha value is -2.56. The number of carbonyl (C=O) groups is 2. The van der Waals surface area contributed by atoms with Crippen LogP contribution < -0.4 is 0 Å². The molecule has 4 bridgehead atoms. The highest BCUT2D eigenvalue weighted by atomic mass is 16.2. The number of hydrogen-bond donors (Lipinski definition) is 0. The molecule has 2 aromatic rings. The van der Waals surface area contributed by atoms with Crippen LogP contribution in [0.5, 0.6) is 0 Å². The molecule has 5 aliphatic rings. The van der Waals surface area contributed by atoms with Crippen molar-refractivity contribution in [1.29, 1.82) is 0 Å². The summed E-state index contributed by atoms with van der Waals surface area (Å²) in [5.74, 6) is 2.58. The molecule has 0 spiro atoms. The Labute approximate surface area is 203 Å². The van der Waals surface area contributed by atoms with Gasteiger partial charge in [-0.15, -0.1) is 0 Å².